The van der Waals surface area contributed by atoms with Crippen LogP contribution in [-0.4, -0.2) is 47.3 Å². The van der Waals surface area contributed by atoms with Gasteiger partial charge in [-0.05, 0) is 72.1 Å². The number of esters is 1. The van der Waals surface area contributed by atoms with Gasteiger partial charge in [0.15, 0.2) is 0 Å². The summed E-state index contributed by atoms with van der Waals surface area (Å²) in [4.78, 5) is 12.0. The largest absolute Gasteiger partial charge is 0.514 e. The first-order valence-corrected chi connectivity index (χ1v) is 11.1. The van der Waals surface area contributed by atoms with Crippen molar-refractivity contribution in [2.24, 2.45) is 0 Å². The summed E-state index contributed by atoms with van der Waals surface area (Å²) < 4.78 is 25.6. The van der Waals surface area contributed by atoms with Gasteiger partial charge in [0.2, 0.25) is 0 Å². The van der Waals surface area contributed by atoms with Crippen molar-refractivity contribution in [3.8, 4) is 11.3 Å². The fourth-order valence-electron chi connectivity index (χ4n) is 3.83. The molecule has 0 spiro atoms. The maximum absolute atomic E-state index is 12.0. The Morgan fingerprint density at radius 1 is 1.16 bits per heavy atom. The molecule has 166 valence electrons. The second-order valence-electron chi connectivity index (χ2n) is 9.11. The lowest BCUT2D eigenvalue weighted by Crippen LogP contribution is -2.42. The summed E-state index contributed by atoms with van der Waals surface area (Å²) in [6.07, 6.45) is 2.91. The molecule has 3 heterocycles. The molecule has 1 aromatic carbocycles. The van der Waals surface area contributed by atoms with E-state index in [-0.39, 0.29) is 12.2 Å². The van der Waals surface area contributed by atoms with Crippen LogP contribution >= 0.6 is 0 Å². The second kappa shape index (κ2) is 8.41. The van der Waals surface area contributed by atoms with Gasteiger partial charge in [0, 0.05) is 12.2 Å². The highest BCUT2D eigenvalue weighted by Crippen LogP contribution is 2.37. The van der Waals surface area contributed by atoms with Gasteiger partial charge in [-0.1, -0.05) is 12.1 Å². The normalized spacial score (nSPS) is 22.5. The van der Waals surface area contributed by atoms with E-state index in [0.29, 0.717) is 12.2 Å². The first-order valence-electron chi connectivity index (χ1n) is 11.1. The molecule has 0 N–H and O–H groups in total. The first kappa shape index (κ1) is 22.1. The third-order valence-corrected chi connectivity index (χ3v) is 6.38. The zero-order chi connectivity index (χ0) is 22.2. The number of hydrogen-bond donors (Lipinski definition) is 0. The zero-order valence-electron chi connectivity index (χ0n) is 19.0. The minimum Gasteiger partial charge on any atom is -0.462 e. The van der Waals surface area contributed by atoms with Gasteiger partial charge in [0.25, 0.3) is 0 Å². The molecule has 0 radical (unpaired) electrons. The Hall–Kier alpha value is -2.16. The van der Waals surface area contributed by atoms with E-state index in [4.69, 9.17) is 23.9 Å². The number of ether oxygens (including phenoxy) is 2. The summed E-state index contributed by atoms with van der Waals surface area (Å²) in [6, 6.07) is 9.29. The number of benzene rings is 1. The number of aromatic nitrogens is 2. The molecule has 1 aromatic heterocycles. The van der Waals surface area contributed by atoms with Gasteiger partial charge in [-0.3, -0.25) is 0 Å². The van der Waals surface area contributed by atoms with Gasteiger partial charge >= 0.3 is 13.1 Å². The molecule has 31 heavy (non-hydrogen) atoms. The van der Waals surface area contributed by atoms with Gasteiger partial charge in [0.05, 0.1) is 34.7 Å². The molecular weight excluding hydrogens is 395 g/mol. The van der Waals surface area contributed by atoms with Crippen molar-refractivity contribution < 1.29 is 23.6 Å². The fraction of sp³-hybridized carbons (Fsp3) is 0.565. The number of hydrogen-bond acceptors (Lipinski definition) is 6. The van der Waals surface area contributed by atoms with E-state index in [1.54, 1.807) is 19.1 Å². The van der Waals surface area contributed by atoms with E-state index in [1.165, 1.54) is 0 Å². The Morgan fingerprint density at radius 2 is 1.84 bits per heavy atom. The van der Waals surface area contributed by atoms with E-state index < -0.39 is 18.3 Å². The van der Waals surface area contributed by atoms with Crippen LogP contribution in [0, 0.1) is 0 Å². The van der Waals surface area contributed by atoms with Crippen LogP contribution in [0.5, 0.6) is 0 Å². The Kier molecular flexibility index (Phi) is 5.98. The summed E-state index contributed by atoms with van der Waals surface area (Å²) in [7, 11) is -0.532. The van der Waals surface area contributed by atoms with E-state index in [0.717, 1.165) is 42.7 Å². The molecule has 1 unspecified atom stereocenters. The lowest BCUT2D eigenvalue weighted by atomic mass is 9.84. The highest BCUT2D eigenvalue weighted by Gasteiger charge is 2.53. The first-order chi connectivity index (χ1) is 14.7. The maximum Gasteiger partial charge on any atom is 0.514 e. The Balaban J connectivity index is 1.68. The Morgan fingerprint density at radius 3 is 2.42 bits per heavy atom. The smallest absolute Gasteiger partial charge is 0.462 e. The molecule has 2 fully saturated rings. The van der Waals surface area contributed by atoms with Crippen molar-refractivity contribution in [1.82, 2.24) is 9.78 Å². The summed E-state index contributed by atoms with van der Waals surface area (Å²) in [6.45, 7) is 11.0. The van der Waals surface area contributed by atoms with Gasteiger partial charge < -0.3 is 18.8 Å². The summed E-state index contributed by atoms with van der Waals surface area (Å²) >= 11 is 0. The number of carbonyl (C=O) groups is 1. The molecule has 2 aliphatic heterocycles. The van der Waals surface area contributed by atoms with Crippen molar-refractivity contribution in [3.05, 3.63) is 35.9 Å². The minimum atomic E-state index is -0.532. The van der Waals surface area contributed by atoms with Crippen LogP contribution in [0.1, 0.15) is 70.5 Å². The molecule has 0 aliphatic carbocycles. The van der Waals surface area contributed by atoms with Crippen molar-refractivity contribution in [3.63, 3.8) is 0 Å². The Bertz CT molecular complexity index is 916. The van der Waals surface area contributed by atoms with E-state index in [9.17, 15) is 4.79 Å². The van der Waals surface area contributed by atoms with Crippen LogP contribution in [0.3, 0.4) is 0 Å². The fourth-order valence-corrected chi connectivity index (χ4v) is 3.83. The van der Waals surface area contributed by atoms with E-state index >= 15 is 0 Å². The number of nitrogens with zero attached hydrogens (tertiary/aromatic N) is 2. The average Bonchev–Trinajstić information content (AvgIpc) is 3.27. The van der Waals surface area contributed by atoms with E-state index in [1.807, 2.05) is 50.6 Å². The topological polar surface area (TPSA) is 71.8 Å². The van der Waals surface area contributed by atoms with Gasteiger partial charge in [-0.2, -0.15) is 5.10 Å². The van der Waals surface area contributed by atoms with Crippen LogP contribution in [0.15, 0.2) is 30.3 Å². The monoisotopic (exact) mass is 426 g/mol. The number of carbonyl (C=O) groups excluding carboxylic acids is 1. The predicted octanol–water partition coefficient (Wildman–Crippen LogP) is 3.73. The maximum atomic E-state index is 12.0. The van der Waals surface area contributed by atoms with Crippen molar-refractivity contribution >= 4 is 18.7 Å². The molecule has 0 saturated carbocycles. The van der Waals surface area contributed by atoms with Crippen LogP contribution in [0.4, 0.5) is 0 Å². The van der Waals surface area contributed by atoms with Crippen LogP contribution in [0.2, 0.25) is 0 Å². The molecule has 8 heteroatoms. The summed E-state index contributed by atoms with van der Waals surface area (Å²) in [5, 5.41) is 4.87. The molecule has 0 bridgehead atoms. The number of rotatable bonds is 5. The van der Waals surface area contributed by atoms with Gasteiger partial charge in [0.1, 0.15) is 6.23 Å². The SMILES string of the molecule is CCOC(=O)c1ccc(-c2cc(B3OC(C)(C)C(C)(C)O3)n(C3CCCCO3)n2)cc1. The summed E-state index contributed by atoms with van der Waals surface area (Å²) in [5.74, 6) is -0.326. The lowest BCUT2D eigenvalue weighted by molar-refractivity contribution is -0.0378. The van der Waals surface area contributed by atoms with Gasteiger partial charge in [-0.15, -0.1) is 0 Å². The third kappa shape index (κ3) is 4.29. The van der Waals surface area contributed by atoms with Crippen molar-refractivity contribution in [2.45, 2.75) is 71.3 Å². The lowest BCUT2D eigenvalue weighted by Gasteiger charge is -2.32. The molecule has 0 amide bonds. The molecule has 4 rings (SSSR count). The van der Waals surface area contributed by atoms with Crippen molar-refractivity contribution in [1.29, 1.82) is 0 Å². The molecule has 2 aliphatic rings. The quantitative estimate of drug-likeness (QED) is 0.536. The van der Waals surface area contributed by atoms with Crippen LogP contribution < -0.4 is 5.59 Å². The van der Waals surface area contributed by atoms with Crippen molar-refractivity contribution in [2.75, 3.05) is 13.2 Å². The molecule has 2 aromatic rings. The highest BCUT2D eigenvalue weighted by atomic mass is 16.7. The highest BCUT2D eigenvalue weighted by molar-refractivity contribution is 6.61. The summed E-state index contributed by atoms with van der Waals surface area (Å²) in [5.41, 5.74) is 2.17. The van der Waals surface area contributed by atoms with Crippen LogP contribution in [0.25, 0.3) is 11.3 Å². The zero-order valence-corrected chi connectivity index (χ0v) is 19.0. The second-order valence-corrected chi connectivity index (χ2v) is 9.11. The predicted molar refractivity (Wildman–Crippen MR) is 118 cm³/mol. The standard InChI is InChI=1S/C23H31BN2O5/c1-6-28-21(27)17-12-10-16(11-13-17)18-15-19(24-30-22(2,3)23(4,5)31-24)26(25-18)20-9-7-8-14-29-20/h10-13,15,20H,6-9,14H2,1-5H3. The van der Waals surface area contributed by atoms with Crippen LogP contribution in [-0.2, 0) is 18.8 Å². The van der Waals surface area contributed by atoms with E-state index in [2.05, 4.69) is 0 Å². The van der Waals surface area contributed by atoms with Gasteiger partial charge in [-0.25, -0.2) is 9.48 Å². The molecular formula is C23H31BN2O5. The molecule has 1 atom stereocenters. The third-order valence-electron chi connectivity index (χ3n) is 6.38. The molecule has 7 nitrogen and oxygen atoms in total. The minimum absolute atomic E-state index is 0.143. The Labute approximate surface area is 184 Å². The molecule has 2 saturated heterocycles. The average molecular weight is 426 g/mol.